The van der Waals surface area contributed by atoms with Crippen LogP contribution in [0.3, 0.4) is 0 Å². The second kappa shape index (κ2) is 6.78. The molecule has 0 radical (unpaired) electrons. The number of amides is 1. The van der Waals surface area contributed by atoms with Crippen molar-refractivity contribution in [1.29, 1.82) is 0 Å². The summed E-state index contributed by atoms with van der Waals surface area (Å²) >= 11 is 0. The standard InChI is InChI=1S/C18H23NO5S/c1-25(23,24)11-12-5-4-7-14(9-12)17(20)19-15-8-3-2-6-13(15)10-16(19)18(21)22/h4-5,7,9,13,15-16H,2-3,6,8,10-11H2,1H3,(H,21,22)/t13-,15-,16+/m1/s1. The number of carbonyl (C=O) groups excluding carboxylic acids is 1. The first kappa shape index (κ1) is 17.9. The third kappa shape index (κ3) is 3.86. The Morgan fingerprint density at radius 2 is 1.96 bits per heavy atom. The Hall–Kier alpha value is -1.89. The molecule has 6 nitrogen and oxygen atoms in total. The van der Waals surface area contributed by atoms with Gasteiger partial charge in [-0.3, -0.25) is 4.79 Å². The van der Waals surface area contributed by atoms with Crippen LogP contribution in [-0.4, -0.2) is 48.6 Å². The highest BCUT2D eigenvalue weighted by atomic mass is 32.2. The second-order valence-electron chi connectivity index (χ2n) is 7.18. The van der Waals surface area contributed by atoms with Gasteiger partial charge in [0.2, 0.25) is 0 Å². The molecule has 136 valence electrons. The van der Waals surface area contributed by atoms with Crippen molar-refractivity contribution in [2.45, 2.75) is 49.9 Å². The van der Waals surface area contributed by atoms with E-state index in [1.165, 1.54) is 4.90 Å². The van der Waals surface area contributed by atoms with Gasteiger partial charge in [-0.15, -0.1) is 0 Å². The number of carboxylic acid groups (broad SMARTS) is 1. The van der Waals surface area contributed by atoms with Gasteiger partial charge in [0.25, 0.3) is 5.91 Å². The van der Waals surface area contributed by atoms with E-state index in [1.54, 1.807) is 24.3 Å². The summed E-state index contributed by atoms with van der Waals surface area (Å²) in [4.78, 5) is 26.3. The van der Waals surface area contributed by atoms with Gasteiger partial charge in [0.15, 0.2) is 9.84 Å². The Morgan fingerprint density at radius 3 is 2.64 bits per heavy atom. The van der Waals surface area contributed by atoms with Crippen LogP contribution in [0.15, 0.2) is 24.3 Å². The number of sulfone groups is 1. The molecule has 1 aliphatic heterocycles. The van der Waals surface area contributed by atoms with Crippen LogP contribution in [0.1, 0.15) is 48.0 Å². The molecule has 25 heavy (non-hydrogen) atoms. The van der Waals surface area contributed by atoms with Crippen molar-refractivity contribution in [2.75, 3.05) is 6.26 Å². The van der Waals surface area contributed by atoms with Crippen molar-refractivity contribution in [3.05, 3.63) is 35.4 Å². The lowest BCUT2D eigenvalue weighted by Crippen LogP contribution is -2.46. The van der Waals surface area contributed by atoms with E-state index in [4.69, 9.17) is 0 Å². The lowest BCUT2D eigenvalue weighted by atomic mass is 9.84. The van der Waals surface area contributed by atoms with Crippen LogP contribution in [0.25, 0.3) is 0 Å². The van der Waals surface area contributed by atoms with E-state index in [0.717, 1.165) is 31.9 Å². The number of benzene rings is 1. The van der Waals surface area contributed by atoms with Crippen molar-refractivity contribution >= 4 is 21.7 Å². The first-order chi connectivity index (χ1) is 11.8. The topological polar surface area (TPSA) is 91.8 Å². The van der Waals surface area contributed by atoms with Crippen molar-refractivity contribution in [2.24, 2.45) is 5.92 Å². The third-order valence-electron chi connectivity index (χ3n) is 5.21. The predicted molar refractivity (Wildman–Crippen MR) is 92.9 cm³/mol. The molecule has 7 heteroatoms. The van der Waals surface area contributed by atoms with E-state index in [0.29, 0.717) is 17.5 Å². The first-order valence-corrected chi connectivity index (χ1v) is 10.6. The molecular formula is C18H23NO5S. The molecule has 1 aromatic carbocycles. The van der Waals surface area contributed by atoms with Gasteiger partial charge in [0.05, 0.1) is 5.75 Å². The zero-order valence-electron chi connectivity index (χ0n) is 14.2. The van der Waals surface area contributed by atoms with Gasteiger partial charge in [-0.1, -0.05) is 25.0 Å². The fourth-order valence-corrected chi connectivity index (χ4v) is 5.00. The number of fused-ring (bicyclic) bond motifs is 1. The van der Waals surface area contributed by atoms with Crippen LogP contribution in [0, 0.1) is 5.92 Å². The molecule has 0 unspecified atom stereocenters. The van der Waals surface area contributed by atoms with E-state index in [-0.39, 0.29) is 23.6 Å². The Morgan fingerprint density at radius 1 is 1.24 bits per heavy atom. The zero-order chi connectivity index (χ0) is 18.2. The molecule has 1 heterocycles. The maximum absolute atomic E-state index is 13.0. The van der Waals surface area contributed by atoms with E-state index in [2.05, 4.69) is 0 Å². The zero-order valence-corrected chi connectivity index (χ0v) is 15.0. The molecule has 1 saturated carbocycles. The first-order valence-electron chi connectivity index (χ1n) is 8.58. The molecule has 1 N–H and O–H groups in total. The molecule has 0 spiro atoms. The molecule has 2 fully saturated rings. The summed E-state index contributed by atoms with van der Waals surface area (Å²) in [5.74, 6) is -1.16. The quantitative estimate of drug-likeness (QED) is 0.882. The summed E-state index contributed by atoms with van der Waals surface area (Å²) < 4.78 is 23.0. The molecule has 0 aromatic heterocycles. The van der Waals surface area contributed by atoms with Gasteiger partial charge in [-0.25, -0.2) is 13.2 Å². The number of aliphatic carboxylic acids is 1. The number of likely N-dealkylation sites (tertiary alicyclic amines) is 1. The van der Waals surface area contributed by atoms with Crippen LogP contribution in [0.2, 0.25) is 0 Å². The van der Waals surface area contributed by atoms with Gasteiger partial charge < -0.3 is 10.0 Å². The molecule has 1 amide bonds. The van der Waals surface area contributed by atoms with Crippen LogP contribution in [-0.2, 0) is 20.4 Å². The third-order valence-corrected chi connectivity index (χ3v) is 6.07. The SMILES string of the molecule is CS(=O)(=O)Cc1cccc(C(=O)N2[C@@H]3CCCC[C@@H]3C[C@H]2C(=O)O)c1. The van der Waals surface area contributed by atoms with Crippen LogP contribution >= 0.6 is 0 Å². The average Bonchev–Trinajstić information content (AvgIpc) is 2.92. The van der Waals surface area contributed by atoms with Gasteiger partial charge >= 0.3 is 5.97 Å². The van der Waals surface area contributed by atoms with Gasteiger partial charge in [0.1, 0.15) is 6.04 Å². The smallest absolute Gasteiger partial charge is 0.326 e. The highest BCUT2D eigenvalue weighted by Crippen LogP contribution is 2.40. The second-order valence-corrected chi connectivity index (χ2v) is 9.32. The molecule has 2 aliphatic rings. The Bertz CT molecular complexity index is 788. The number of carboxylic acids is 1. The monoisotopic (exact) mass is 365 g/mol. The maximum atomic E-state index is 13.0. The molecule has 1 aromatic rings. The summed E-state index contributed by atoms with van der Waals surface area (Å²) in [5, 5.41) is 9.56. The Balaban J connectivity index is 1.90. The average molecular weight is 365 g/mol. The van der Waals surface area contributed by atoms with Crippen LogP contribution < -0.4 is 0 Å². The number of rotatable bonds is 4. The molecule has 3 rings (SSSR count). The summed E-state index contributed by atoms with van der Waals surface area (Å²) in [6.07, 6.45) is 5.55. The molecule has 3 atom stereocenters. The van der Waals surface area contributed by atoms with Crippen molar-refractivity contribution in [3.63, 3.8) is 0 Å². The maximum Gasteiger partial charge on any atom is 0.326 e. The van der Waals surface area contributed by atoms with Crippen molar-refractivity contribution in [3.8, 4) is 0 Å². The predicted octanol–water partition coefficient (Wildman–Crippen LogP) is 2.09. The summed E-state index contributed by atoms with van der Waals surface area (Å²) in [6.45, 7) is 0. The van der Waals surface area contributed by atoms with E-state index < -0.39 is 21.8 Å². The van der Waals surface area contributed by atoms with Crippen molar-refractivity contribution < 1.29 is 23.1 Å². The summed E-state index contributed by atoms with van der Waals surface area (Å²) in [6, 6.07) is 5.69. The van der Waals surface area contributed by atoms with Gasteiger partial charge in [0, 0.05) is 17.9 Å². The molecular weight excluding hydrogens is 342 g/mol. The van der Waals surface area contributed by atoms with Crippen LogP contribution in [0.5, 0.6) is 0 Å². The number of hydrogen-bond donors (Lipinski definition) is 1. The molecule has 0 bridgehead atoms. The lowest BCUT2D eigenvalue weighted by Gasteiger charge is -2.33. The van der Waals surface area contributed by atoms with E-state index >= 15 is 0 Å². The largest absolute Gasteiger partial charge is 0.480 e. The lowest BCUT2D eigenvalue weighted by molar-refractivity contribution is -0.141. The minimum atomic E-state index is -3.20. The van der Waals surface area contributed by atoms with Gasteiger partial charge in [-0.2, -0.15) is 0 Å². The molecule has 1 aliphatic carbocycles. The highest BCUT2D eigenvalue weighted by Gasteiger charge is 2.47. The Kier molecular flexibility index (Phi) is 4.86. The normalized spacial score (nSPS) is 26.3. The van der Waals surface area contributed by atoms with E-state index in [1.807, 2.05) is 0 Å². The van der Waals surface area contributed by atoms with Crippen molar-refractivity contribution in [1.82, 2.24) is 4.90 Å². The Labute approximate surface area is 147 Å². The fourth-order valence-electron chi connectivity index (χ4n) is 4.22. The number of hydrogen-bond acceptors (Lipinski definition) is 4. The minimum Gasteiger partial charge on any atom is -0.480 e. The highest BCUT2D eigenvalue weighted by molar-refractivity contribution is 7.89. The number of carbonyl (C=O) groups is 2. The van der Waals surface area contributed by atoms with Gasteiger partial charge in [-0.05, 0) is 42.9 Å². The summed E-state index contributed by atoms with van der Waals surface area (Å²) in [5.41, 5.74) is 0.901. The fraction of sp³-hybridized carbons (Fsp3) is 0.556. The van der Waals surface area contributed by atoms with Crippen LogP contribution in [0.4, 0.5) is 0 Å². The minimum absolute atomic E-state index is 0.0269. The van der Waals surface area contributed by atoms with E-state index in [9.17, 15) is 23.1 Å². The number of nitrogens with zero attached hydrogens (tertiary/aromatic N) is 1. The molecule has 1 saturated heterocycles. The summed E-state index contributed by atoms with van der Waals surface area (Å²) in [7, 11) is -3.20.